The molecular formula is C24H31N3O3. The lowest BCUT2D eigenvalue weighted by Gasteiger charge is -2.41. The molecule has 0 N–H and O–H groups in total. The number of aromatic nitrogens is 1. The highest BCUT2D eigenvalue weighted by Crippen LogP contribution is 2.34. The van der Waals surface area contributed by atoms with E-state index in [-0.39, 0.29) is 24.0 Å². The van der Waals surface area contributed by atoms with Crippen LogP contribution in [0.4, 0.5) is 4.79 Å². The Kier molecular flexibility index (Phi) is 5.58. The smallest absolute Gasteiger partial charge is 0.410 e. The van der Waals surface area contributed by atoms with Gasteiger partial charge in [-0.25, -0.2) is 4.79 Å². The Morgan fingerprint density at radius 2 is 1.77 bits per heavy atom. The fourth-order valence-corrected chi connectivity index (χ4v) is 4.51. The molecule has 0 spiro atoms. The zero-order valence-corrected chi connectivity index (χ0v) is 18.1. The Hall–Kier alpha value is -2.76. The summed E-state index contributed by atoms with van der Waals surface area (Å²) in [5, 5.41) is 0. The van der Waals surface area contributed by atoms with Crippen molar-refractivity contribution < 1.29 is 14.3 Å². The summed E-state index contributed by atoms with van der Waals surface area (Å²) in [6, 6.07) is 14.3. The quantitative estimate of drug-likeness (QED) is 0.751. The zero-order valence-electron chi connectivity index (χ0n) is 18.1. The third kappa shape index (κ3) is 4.23. The van der Waals surface area contributed by atoms with Crippen LogP contribution in [0.15, 0.2) is 48.7 Å². The van der Waals surface area contributed by atoms with Crippen LogP contribution in [0.3, 0.4) is 0 Å². The fourth-order valence-electron chi connectivity index (χ4n) is 4.51. The number of piperidine rings is 1. The van der Waals surface area contributed by atoms with Crippen molar-refractivity contribution in [2.45, 2.75) is 51.8 Å². The number of rotatable bonds is 2. The predicted molar refractivity (Wildman–Crippen MR) is 115 cm³/mol. The molecule has 0 aliphatic carbocycles. The van der Waals surface area contributed by atoms with E-state index in [1.807, 2.05) is 49.9 Å². The first-order valence-corrected chi connectivity index (χ1v) is 10.8. The standard InChI is InChI=1S/C24H31N3O3/c1-24(2,3)30-23(29)26-14-7-11-19(17-26)22(28)27-16-15-25-13-8-12-20(25)21(27)18-9-5-4-6-10-18/h4-6,8-10,12-13,19,21H,7,11,14-17H2,1-3H3/t19-,21+/m1/s1. The Labute approximate surface area is 178 Å². The van der Waals surface area contributed by atoms with Gasteiger partial charge in [-0.2, -0.15) is 0 Å². The lowest BCUT2D eigenvalue weighted by atomic mass is 9.93. The van der Waals surface area contributed by atoms with Gasteiger partial charge in [-0.3, -0.25) is 4.79 Å². The normalized spacial score (nSPS) is 21.8. The van der Waals surface area contributed by atoms with Gasteiger partial charge in [0.25, 0.3) is 0 Å². The highest BCUT2D eigenvalue weighted by atomic mass is 16.6. The highest BCUT2D eigenvalue weighted by molar-refractivity contribution is 5.81. The van der Waals surface area contributed by atoms with Crippen LogP contribution in [0.1, 0.15) is 50.9 Å². The van der Waals surface area contributed by atoms with Gasteiger partial charge in [0.15, 0.2) is 0 Å². The number of hydrogen-bond acceptors (Lipinski definition) is 3. The largest absolute Gasteiger partial charge is 0.444 e. The number of nitrogens with zero attached hydrogens (tertiary/aromatic N) is 3. The van der Waals surface area contributed by atoms with E-state index in [1.54, 1.807) is 4.90 Å². The summed E-state index contributed by atoms with van der Waals surface area (Å²) in [6.07, 6.45) is 3.37. The molecule has 2 aliphatic heterocycles. The van der Waals surface area contributed by atoms with E-state index in [1.165, 1.54) is 0 Å². The van der Waals surface area contributed by atoms with Gasteiger partial charge in [-0.05, 0) is 51.3 Å². The second kappa shape index (κ2) is 8.17. The van der Waals surface area contributed by atoms with Crippen molar-refractivity contribution in [2.75, 3.05) is 19.6 Å². The van der Waals surface area contributed by atoms with Gasteiger partial charge in [0.2, 0.25) is 5.91 Å². The maximum Gasteiger partial charge on any atom is 0.410 e. The van der Waals surface area contributed by atoms with Gasteiger partial charge in [-0.1, -0.05) is 30.3 Å². The summed E-state index contributed by atoms with van der Waals surface area (Å²) < 4.78 is 7.77. The van der Waals surface area contributed by atoms with E-state index < -0.39 is 5.60 Å². The highest BCUT2D eigenvalue weighted by Gasteiger charge is 2.38. The molecule has 6 nitrogen and oxygen atoms in total. The minimum absolute atomic E-state index is 0.0978. The van der Waals surface area contributed by atoms with E-state index in [4.69, 9.17) is 4.74 Å². The lowest BCUT2D eigenvalue weighted by molar-refractivity contribution is -0.140. The van der Waals surface area contributed by atoms with E-state index in [0.717, 1.165) is 30.6 Å². The maximum atomic E-state index is 13.7. The molecule has 1 aromatic carbocycles. The van der Waals surface area contributed by atoms with Crippen LogP contribution in [-0.2, 0) is 16.1 Å². The van der Waals surface area contributed by atoms with Gasteiger partial charge in [0, 0.05) is 38.1 Å². The third-order valence-electron chi connectivity index (χ3n) is 5.86. The van der Waals surface area contributed by atoms with Crippen LogP contribution in [0.25, 0.3) is 0 Å². The molecule has 30 heavy (non-hydrogen) atoms. The minimum Gasteiger partial charge on any atom is -0.444 e. The first kappa shape index (κ1) is 20.5. The molecule has 2 atom stereocenters. The number of benzene rings is 1. The number of hydrogen-bond donors (Lipinski definition) is 0. The maximum absolute atomic E-state index is 13.7. The molecule has 2 aliphatic rings. The van der Waals surface area contributed by atoms with E-state index in [9.17, 15) is 9.59 Å². The summed E-state index contributed by atoms with van der Waals surface area (Å²) in [7, 11) is 0. The summed E-state index contributed by atoms with van der Waals surface area (Å²) in [6.45, 7) is 8.12. The fraction of sp³-hybridized carbons (Fsp3) is 0.500. The minimum atomic E-state index is -0.537. The summed E-state index contributed by atoms with van der Waals surface area (Å²) >= 11 is 0. The van der Waals surface area contributed by atoms with Crippen LogP contribution in [0.5, 0.6) is 0 Å². The number of likely N-dealkylation sites (tertiary alicyclic amines) is 1. The number of fused-ring (bicyclic) bond motifs is 1. The molecular weight excluding hydrogens is 378 g/mol. The van der Waals surface area contributed by atoms with Crippen LogP contribution < -0.4 is 0 Å². The first-order chi connectivity index (χ1) is 14.3. The van der Waals surface area contributed by atoms with Gasteiger partial charge < -0.3 is 19.1 Å². The molecule has 1 aromatic heterocycles. The Balaban J connectivity index is 1.55. The zero-order chi connectivity index (χ0) is 21.3. The van der Waals surface area contributed by atoms with Crippen molar-refractivity contribution in [3.05, 3.63) is 59.9 Å². The monoisotopic (exact) mass is 409 g/mol. The molecule has 0 unspecified atom stereocenters. The van der Waals surface area contributed by atoms with Gasteiger partial charge in [0.1, 0.15) is 5.60 Å². The molecule has 3 heterocycles. The first-order valence-electron chi connectivity index (χ1n) is 10.8. The predicted octanol–water partition coefficient (Wildman–Crippen LogP) is 4.07. The summed E-state index contributed by atoms with van der Waals surface area (Å²) in [5.41, 5.74) is 1.72. The molecule has 2 amide bonds. The van der Waals surface area contributed by atoms with Crippen molar-refractivity contribution in [3.8, 4) is 0 Å². The third-order valence-corrected chi connectivity index (χ3v) is 5.86. The van der Waals surface area contributed by atoms with Crippen LogP contribution >= 0.6 is 0 Å². The summed E-state index contributed by atoms with van der Waals surface area (Å²) in [5.74, 6) is -0.0662. The summed E-state index contributed by atoms with van der Waals surface area (Å²) in [4.78, 5) is 29.9. The Morgan fingerprint density at radius 1 is 1.00 bits per heavy atom. The van der Waals surface area contributed by atoms with Gasteiger partial charge in [-0.15, -0.1) is 0 Å². The number of amides is 2. The van der Waals surface area contributed by atoms with Crippen molar-refractivity contribution in [1.29, 1.82) is 0 Å². The molecule has 1 saturated heterocycles. The van der Waals surface area contributed by atoms with Gasteiger partial charge in [0.05, 0.1) is 12.0 Å². The van der Waals surface area contributed by atoms with Gasteiger partial charge >= 0.3 is 6.09 Å². The molecule has 0 bridgehead atoms. The number of ether oxygens (including phenoxy) is 1. The SMILES string of the molecule is CC(C)(C)OC(=O)N1CCC[C@@H](C(=O)N2CCn3cccc3[C@@H]2c2ccccc2)C1. The molecule has 6 heteroatoms. The Bertz CT molecular complexity index is 900. The molecule has 4 rings (SSSR count). The van der Waals surface area contributed by atoms with E-state index in [0.29, 0.717) is 19.6 Å². The molecule has 0 radical (unpaired) electrons. The molecule has 2 aromatic rings. The average molecular weight is 410 g/mol. The van der Waals surface area contributed by atoms with Crippen molar-refractivity contribution in [1.82, 2.24) is 14.4 Å². The average Bonchev–Trinajstić information content (AvgIpc) is 3.21. The van der Waals surface area contributed by atoms with Crippen LogP contribution in [0, 0.1) is 5.92 Å². The van der Waals surface area contributed by atoms with Crippen LogP contribution in [-0.4, -0.2) is 51.6 Å². The van der Waals surface area contributed by atoms with Crippen molar-refractivity contribution >= 4 is 12.0 Å². The van der Waals surface area contributed by atoms with Crippen molar-refractivity contribution in [3.63, 3.8) is 0 Å². The topological polar surface area (TPSA) is 54.8 Å². The molecule has 1 fully saturated rings. The lowest BCUT2D eigenvalue weighted by Crippen LogP contribution is -2.50. The number of carbonyl (C=O) groups is 2. The van der Waals surface area contributed by atoms with Crippen LogP contribution in [0.2, 0.25) is 0 Å². The van der Waals surface area contributed by atoms with E-state index in [2.05, 4.69) is 29.0 Å². The number of carbonyl (C=O) groups excluding carboxylic acids is 2. The van der Waals surface area contributed by atoms with E-state index >= 15 is 0 Å². The second-order valence-electron chi connectivity index (χ2n) is 9.24. The second-order valence-corrected chi connectivity index (χ2v) is 9.24. The molecule has 160 valence electrons. The molecule has 0 saturated carbocycles. The van der Waals surface area contributed by atoms with Crippen molar-refractivity contribution in [2.24, 2.45) is 5.92 Å². The Morgan fingerprint density at radius 3 is 2.50 bits per heavy atom.